The van der Waals surface area contributed by atoms with Gasteiger partial charge in [-0.3, -0.25) is 19.3 Å². The number of carbonyl (C=O) groups is 3. The molecule has 25 heavy (non-hydrogen) atoms. The second-order valence-electron chi connectivity index (χ2n) is 6.68. The Hall–Kier alpha value is -2.41. The Morgan fingerprint density at radius 2 is 2.04 bits per heavy atom. The summed E-state index contributed by atoms with van der Waals surface area (Å²) in [7, 11) is 0. The Balaban J connectivity index is 1.58. The second-order valence-corrected chi connectivity index (χ2v) is 6.68. The molecule has 1 unspecified atom stereocenters. The molecule has 134 valence electrons. The first-order valence-corrected chi connectivity index (χ1v) is 8.63. The molecule has 1 aromatic rings. The van der Waals surface area contributed by atoms with E-state index in [1.54, 1.807) is 6.07 Å². The summed E-state index contributed by atoms with van der Waals surface area (Å²) in [5, 5.41) is 14.7. The number of fused-ring (bicyclic) bond motifs is 1. The summed E-state index contributed by atoms with van der Waals surface area (Å²) in [4.78, 5) is 37.3. The molecule has 2 aliphatic rings. The van der Waals surface area contributed by atoms with Gasteiger partial charge in [0.1, 0.15) is 0 Å². The summed E-state index contributed by atoms with van der Waals surface area (Å²) in [6.07, 6.45) is 1.64. The smallest absolute Gasteiger partial charge is 0.317 e. The zero-order valence-electron chi connectivity index (χ0n) is 14.2. The van der Waals surface area contributed by atoms with Gasteiger partial charge < -0.3 is 15.7 Å². The van der Waals surface area contributed by atoms with Gasteiger partial charge in [-0.1, -0.05) is 25.1 Å². The Morgan fingerprint density at radius 3 is 2.72 bits per heavy atom. The Kier molecular flexibility index (Phi) is 5.03. The summed E-state index contributed by atoms with van der Waals surface area (Å²) in [6.45, 7) is 2.64. The normalized spacial score (nSPS) is 24.9. The van der Waals surface area contributed by atoms with E-state index < -0.39 is 11.9 Å². The molecule has 1 atom stereocenters. The van der Waals surface area contributed by atoms with Crippen LogP contribution in [0.25, 0.3) is 0 Å². The molecule has 1 heterocycles. The lowest BCUT2D eigenvalue weighted by atomic mass is 9.83. The Morgan fingerprint density at radius 1 is 1.32 bits per heavy atom. The van der Waals surface area contributed by atoms with Crippen molar-refractivity contribution in [2.75, 3.05) is 18.4 Å². The Labute approximate surface area is 146 Å². The summed E-state index contributed by atoms with van der Waals surface area (Å²) < 4.78 is 0. The number of carboxylic acid groups (broad SMARTS) is 1. The largest absolute Gasteiger partial charge is 0.480 e. The van der Waals surface area contributed by atoms with Crippen LogP contribution in [0, 0.1) is 0 Å². The zero-order valence-corrected chi connectivity index (χ0v) is 14.2. The van der Waals surface area contributed by atoms with E-state index in [1.807, 2.05) is 30.0 Å². The van der Waals surface area contributed by atoms with Crippen LogP contribution in [0.4, 0.5) is 5.69 Å². The van der Waals surface area contributed by atoms with Gasteiger partial charge in [-0.05, 0) is 31.0 Å². The third-order valence-corrected chi connectivity index (χ3v) is 5.04. The average molecular weight is 345 g/mol. The molecule has 0 saturated heterocycles. The number of nitrogens with one attached hydrogen (secondary N) is 2. The number of amides is 2. The number of hydrogen-bond donors (Lipinski definition) is 3. The van der Waals surface area contributed by atoms with Crippen molar-refractivity contribution >= 4 is 23.5 Å². The van der Waals surface area contributed by atoms with Crippen LogP contribution in [0.1, 0.15) is 37.7 Å². The average Bonchev–Trinajstić information content (AvgIpc) is 2.54. The molecule has 7 nitrogen and oxygen atoms in total. The third kappa shape index (κ3) is 3.82. The van der Waals surface area contributed by atoms with Gasteiger partial charge in [0.25, 0.3) is 0 Å². The number of carbonyl (C=O) groups excluding carboxylic acids is 2. The van der Waals surface area contributed by atoms with E-state index in [0.717, 1.165) is 18.4 Å². The molecule has 3 N–H and O–H groups in total. The van der Waals surface area contributed by atoms with E-state index in [2.05, 4.69) is 10.6 Å². The quantitative estimate of drug-likeness (QED) is 0.719. The van der Waals surface area contributed by atoms with Gasteiger partial charge in [0.2, 0.25) is 11.8 Å². The number of para-hydroxylation sites is 1. The first kappa shape index (κ1) is 17.4. The number of hydrogen-bond acceptors (Lipinski definition) is 4. The molecule has 1 aliphatic carbocycles. The van der Waals surface area contributed by atoms with E-state index in [4.69, 9.17) is 5.11 Å². The molecule has 1 aromatic carbocycles. The van der Waals surface area contributed by atoms with Crippen LogP contribution in [0.15, 0.2) is 24.3 Å². The minimum absolute atomic E-state index is 0.0258. The highest BCUT2D eigenvalue weighted by Crippen LogP contribution is 2.33. The first-order valence-electron chi connectivity index (χ1n) is 8.63. The van der Waals surface area contributed by atoms with Crippen molar-refractivity contribution < 1.29 is 19.5 Å². The van der Waals surface area contributed by atoms with Crippen LogP contribution in [-0.4, -0.2) is 53.0 Å². The van der Waals surface area contributed by atoms with Crippen molar-refractivity contribution in [3.05, 3.63) is 29.8 Å². The predicted molar refractivity (Wildman–Crippen MR) is 92.3 cm³/mol. The molecule has 2 amide bonds. The molecule has 1 saturated carbocycles. The summed E-state index contributed by atoms with van der Waals surface area (Å²) in [5.74, 6) is -1.58. The summed E-state index contributed by atoms with van der Waals surface area (Å²) in [5.41, 5.74) is 1.54. The van der Waals surface area contributed by atoms with Crippen molar-refractivity contribution in [2.24, 2.45) is 0 Å². The van der Waals surface area contributed by atoms with Crippen molar-refractivity contribution in [1.29, 1.82) is 0 Å². The van der Waals surface area contributed by atoms with E-state index in [-0.39, 0.29) is 36.9 Å². The molecular formula is C18H23N3O4. The van der Waals surface area contributed by atoms with Gasteiger partial charge >= 0.3 is 5.97 Å². The van der Waals surface area contributed by atoms with Crippen LogP contribution in [0.5, 0.6) is 0 Å². The number of rotatable bonds is 6. The second kappa shape index (κ2) is 7.23. The van der Waals surface area contributed by atoms with E-state index in [9.17, 15) is 14.4 Å². The maximum atomic E-state index is 12.6. The van der Waals surface area contributed by atoms with Crippen LogP contribution in [0.3, 0.4) is 0 Å². The molecule has 1 fully saturated rings. The van der Waals surface area contributed by atoms with E-state index in [1.165, 1.54) is 0 Å². The number of anilines is 1. The van der Waals surface area contributed by atoms with Crippen LogP contribution < -0.4 is 10.6 Å². The third-order valence-electron chi connectivity index (χ3n) is 5.04. The minimum Gasteiger partial charge on any atom is -0.480 e. The maximum Gasteiger partial charge on any atom is 0.317 e. The lowest BCUT2D eigenvalue weighted by Crippen LogP contribution is -2.55. The standard InChI is InChI=1S/C18H23N3O4/c1-2-21(10-17(23)24)12-7-11(8-12)19-18(25)14-9-16(22)20-15-6-4-3-5-13(14)15/h3-6,11-12,14H,2,7-10H2,1H3,(H,19,25)(H,20,22)(H,23,24). The molecule has 0 aromatic heterocycles. The molecule has 3 rings (SSSR count). The SMILES string of the molecule is CCN(CC(=O)O)C1CC(NC(=O)C2CC(=O)Nc3ccccc32)C1. The molecule has 0 spiro atoms. The topological polar surface area (TPSA) is 98.7 Å². The summed E-state index contributed by atoms with van der Waals surface area (Å²) in [6, 6.07) is 7.59. The highest BCUT2D eigenvalue weighted by molar-refractivity contribution is 6.01. The van der Waals surface area contributed by atoms with Crippen molar-refractivity contribution in [3.63, 3.8) is 0 Å². The molecule has 0 bridgehead atoms. The predicted octanol–water partition coefficient (Wildman–Crippen LogP) is 1.17. The molecule has 1 aliphatic heterocycles. The maximum absolute atomic E-state index is 12.6. The molecular weight excluding hydrogens is 322 g/mol. The highest BCUT2D eigenvalue weighted by atomic mass is 16.4. The molecule has 0 radical (unpaired) electrons. The van der Waals surface area contributed by atoms with Crippen LogP contribution >= 0.6 is 0 Å². The van der Waals surface area contributed by atoms with Crippen LogP contribution in [0.2, 0.25) is 0 Å². The fourth-order valence-electron chi connectivity index (χ4n) is 3.62. The highest BCUT2D eigenvalue weighted by Gasteiger charge is 2.37. The van der Waals surface area contributed by atoms with Gasteiger partial charge in [0.15, 0.2) is 0 Å². The fourth-order valence-corrected chi connectivity index (χ4v) is 3.62. The minimum atomic E-state index is -0.834. The van der Waals surface area contributed by atoms with Crippen molar-refractivity contribution in [2.45, 2.75) is 44.2 Å². The lowest BCUT2D eigenvalue weighted by Gasteiger charge is -2.42. The van der Waals surface area contributed by atoms with Crippen molar-refractivity contribution in [1.82, 2.24) is 10.2 Å². The Bertz CT molecular complexity index is 685. The number of carboxylic acids is 1. The number of aliphatic carboxylic acids is 1. The van der Waals surface area contributed by atoms with E-state index >= 15 is 0 Å². The number of nitrogens with zero attached hydrogens (tertiary/aromatic N) is 1. The number of likely N-dealkylation sites (N-methyl/N-ethyl adjacent to an activating group) is 1. The van der Waals surface area contributed by atoms with Gasteiger partial charge in [-0.15, -0.1) is 0 Å². The van der Waals surface area contributed by atoms with E-state index in [0.29, 0.717) is 12.2 Å². The van der Waals surface area contributed by atoms with Gasteiger partial charge in [-0.25, -0.2) is 0 Å². The zero-order chi connectivity index (χ0) is 18.0. The monoisotopic (exact) mass is 345 g/mol. The van der Waals surface area contributed by atoms with Gasteiger partial charge in [-0.2, -0.15) is 0 Å². The number of benzene rings is 1. The van der Waals surface area contributed by atoms with Crippen molar-refractivity contribution in [3.8, 4) is 0 Å². The molecule has 7 heteroatoms. The first-order chi connectivity index (χ1) is 12.0. The summed E-state index contributed by atoms with van der Waals surface area (Å²) >= 11 is 0. The van der Waals surface area contributed by atoms with Gasteiger partial charge in [0.05, 0.1) is 12.5 Å². The van der Waals surface area contributed by atoms with Crippen LogP contribution in [-0.2, 0) is 14.4 Å². The lowest BCUT2D eigenvalue weighted by molar-refractivity contribution is -0.139. The fraction of sp³-hybridized carbons (Fsp3) is 0.500. The van der Waals surface area contributed by atoms with Gasteiger partial charge in [0, 0.05) is 24.2 Å².